The Morgan fingerprint density at radius 2 is 1.78 bits per heavy atom. The maximum absolute atomic E-state index is 12.1. The topological polar surface area (TPSA) is 80.3 Å². The van der Waals surface area contributed by atoms with Gasteiger partial charge in [0.25, 0.3) is 0 Å². The van der Waals surface area contributed by atoms with Crippen molar-refractivity contribution in [3.05, 3.63) is 54.4 Å². The largest absolute Gasteiger partial charge is 0.487 e. The van der Waals surface area contributed by atoms with Crippen molar-refractivity contribution < 1.29 is 14.3 Å². The molecular weight excluding hydrogens is 342 g/mol. The fourth-order valence-corrected chi connectivity index (χ4v) is 2.59. The molecule has 0 saturated heterocycles. The van der Waals surface area contributed by atoms with Crippen molar-refractivity contribution in [2.75, 3.05) is 11.9 Å². The van der Waals surface area contributed by atoms with E-state index in [1.807, 2.05) is 37.3 Å². The van der Waals surface area contributed by atoms with Crippen LogP contribution in [0.3, 0.4) is 0 Å². The lowest BCUT2D eigenvalue weighted by molar-refractivity contribution is -0.124. The number of ether oxygens (including phenoxy) is 1. The van der Waals surface area contributed by atoms with Crippen LogP contribution in [0.1, 0.15) is 45.1 Å². The van der Waals surface area contributed by atoms with Gasteiger partial charge in [0.15, 0.2) is 0 Å². The maximum Gasteiger partial charge on any atom is 0.224 e. The predicted octanol–water partition coefficient (Wildman–Crippen LogP) is 3.51. The number of hydrogen-bond donors (Lipinski definition) is 2. The van der Waals surface area contributed by atoms with Gasteiger partial charge in [-0.3, -0.25) is 14.6 Å². The Balaban J connectivity index is 1.71. The summed E-state index contributed by atoms with van der Waals surface area (Å²) >= 11 is 0. The summed E-state index contributed by atoms with van der Waals surface area (Å²) in [7, 11) is 0. The third-order valence-electron chi connectivity index (χ3n) is 3.99. The van der Waals surface area contributed by atoms with Gasteiger partial charge in [-0.05, 0) is 36.6 Å². The first-order valence-corrected chi connectivity index (χ1v) is 9.18. The van der Waals surface area contributed by atoms with Crippen molar-refractivity contribution in [3.63, 3.8) is 0 Å². The molecule has 0 saturated carbocycles. The molecule has 144 valence electrons. The molecule has 0 fully saturated rings. The van der Waals surface area contributed by atoms with E-state index in [0.29, 0.717) is 18.2 Å². The Bertz CT molecular complexity index is 747. The molecule has 2 aromatic rings. The molecule has 0 radical (unpaired) electrons. The second-order valence-electron chi connectivity index (χ2n) is 6.71. The molecule has 0 bridgehead atoms. The first kappa shape index (κ1) is 20.4. The molecule has 1 aromatic carbocycles. The molecular formula is C21H27N3O3. The normalized spacial score (nSPS) is 11.7. The molecule has 2 amide bonds. The minimum Gasteiger partial charge on any atom is -0.487 e. The van der Waals surface area contributed by atoms with Crippen molar-refractivity contribution in [2.24, 2.45) is 0 Å². The molecule has 0 aliphatic heterocycles. The van der Waals surface area contributed by atoms with Gasteiger partial charge in [-0.2, -0.15) is 0 Å². The number of para-hydroxylation sites is 1. The van der Waals surface area contributed by atoms with Crippen LogP contribution in [0.15, 0.2) is 48.8 Å². The molecule has 1 aromatic heterocycles. The van der Waals surface area contributed by atoms with Crippen LogP contribution in [0.25, 0.3) is 0 Å². The number of anilines is 1. The van der Waals surface area contributed by atoms with Crippen LogP contribution in [0.2, 0.25) is 0 Å². The van der Waals surface area contributed by atoms with Gasteiger partial charge in [0.05, 0.1) is 12.7 Å². The van der Waals surface area contributed by atoms with Crippen molar-refractivity contribution >= 4 is 17.5 Å². The third kappa shape index (κ3) is 7.09. The number of carbonyl (C=O) groups excluding carboxylic acids is 2. The molecule has 2 rings (SSSR count). The van der Waals surface area contributed by atoms with Crippen LogP contribution in [-0.4, -0.2) is 29.4 Å². The summed E-state index contributed by atoms with van der Waals surface area (Å²) in [5.74, 6) is 0.621. The SMILES string of the molecule is CC(C)c1ccccc1NC(=O)CCC(=O)NC[C@H](C)Oc1cccnc1. The minimum absolute atomic E-state index is 0.134. The highest BCUT2D eigenvalue weighted by atomic mass is 16.5. The number of benzene rings is 1. The van der Waals surface area contributed by atoms with Crippen molar-refractivity contribution in [2.45, 2.75) is 45.6 Å². The van der Waals surface area contributed by atoms with Crippen molar-refractivity contribution in [3.8, 4) is 5.75 Å². The van der Waals surface area contributed by atoms with Crippen LogP contribution in [0.4, 0.5) is 5.69 Å². The number of nitrogens with one attached hydrogen (secondary N) is 2. The van der Waals surface area contributed by atoms with E-state index in [1.165, 1.54) is 0 Å². The number of hydrogen-bond acceptors (Lipinski definition) is 4. The predicted molar refractivity (Wildman–Crippen MR) is 106 cm³/mol. The molecule has 27 heavy (non-hydrogen) atoms. The minimum atomic E-state index is -0.190. The van der Waals surface area contributed by atoms with Crippen molar-refractivity contribution in [1.29, 1.82) is 0 Å². The van der Waals surface area contributed by atoms with Crippen LogP contribution in [-0.2, 0) is 9.59 Å². The second kappa shape index (κ2) is 10.3. The van der Waals surface area contributed by atoms with Gasteiger partial charge >= 0.3 is 0 Å². The average Bonchev–Trinajstić information content (AvgIpc) is 2.66. The molecule has 1 heterocycles. The monoisotopic (exact) mass is 369 g/mol. The van der Waals surface area contributed by atoms with Gasteiger partial charge in [0.1, 0.15) is 11.9 Å². The van der Waals surface area contributed by atoms with E-state index in [1.54, 1.807) is 18.5 Å². The van der Waals surface area contributed by atoms with Crippen LogP contribution in [0.5, 0.6) is 5.75 Å². The molecule has 0 aliphatic rings. The molecule has 0 aliphatic carbocycles. The summed E-state index contributed by atoms with van der Waals surface area (Å²) < 4.78 is 5.65. The summed E-state index contributed by atoms with van der Waals surface area (Å²) in [5, 5.41) is 5.68. The third-order valence-corrected chi connectivity index (χ3v) is 3.99. The van der Waals surface area contributed by atoms with E-state index >= 15 is 0 Å². The molecule has 0 spiro atoms. The highest BCUT2D eigenvalue weighted by molar-refractivity contribution is 5.93. The summed E-state index contributed by atoms with van der Waals surface area (Å²) in [6, 6.07) is 11.3. The van der Waals surface area contributed by atoms with Gasteiger partial charge in [0, 0.05) is 24.7 Å². The number of aromatic nitrogens is 1. The van der Waals surface area contributed by atoms with Gasteiger partial charge in [0.2, 0.25) is 11.8 Å². The Kier molecular flexibility index (Phi) is 7.79. The number of pyridine rings is 1. The molecule has 6 heteroatoms. The maximum atomic E-state index is 12.1. The smallest absolute Gasteiger partial charge is 0.224 e. The zero-order valence-electron chi connectivity index (χ0n) is 16.1. The van der Waals surface area contributed by atoms with Crippen molar-refractivity contribution in [1.82, 2.24) is 10.3 Å². The summed E-state index contributed by atoms with van der Waals surface area (Å²) in [6.45, 7) is 6.38. The summed E-state index contributed by atoms with van der Waals surface area (Å²) in [6.07, 6.45) is 3.37. The number of carbonyl (C=O) groups is 2. The lowest BCUT2D eigenvalue weighted by atomic mass is 10.0. The molecule has 1 atom stereocenters. The molecule has 0 unspecified atom stereocenters. The Morgan fingerprint density at radius 3 is 2.48 bits per heavy atom. The highest BCUT2D eigenvalue weighted by Crippen LogP contribution is 2.23. The molecule has 6 nitrogen and oxygen atoms in total. The van der Waals surface area contributed by atoms with Gasteiger partial charge in [-0.15, -0.1) is 0 Å². The van der Waals surface area contributed by atoms with E-state index < -0.39 is 0 Å². The Labute approximate surface area is 160 Å². The summed E-state index contributed by atoms with van der Waals surface area (Å²) in [5.41, 5.74) is 1.88. The number of rotatable bonds is 9. The first-order valence-electron chi connectivity index (χ1n) is 9.18. The van der Waals surface area contributed by atoms with E-state index in [9.17, 15) is 9.59 Å². The number of amides is 2. The van der Waals surface area contributed by atoms with Gasteiger partial charge in [-0.1, -0.05) is 32.0 Å². The van der Waals surface area contributed by atoms with Gasteiger partial charge < -0.3 is 15.4 Å². The van der Waals surface area contributed by atoms with Crippen LogP contribution in [0, 0.1) is 0 Å². The fourth-order valence-electron chi connectivity index (χ4n) is 2.59. The van der Waals surface area contributed by atoms with E-state index in [4.69, 9.17) is 4.74 Å². The quantitative estimate of drug-likeness (QED) is 0.709. The van der Waals surface area contributed by atoms with Crippen LogP contribution >= 0.6 is 0 Å². The van der Waals surface area contributed by atoms with Crippen LogP contribution < -0.4 is 15.4 Å². The van der Waals surface area contributed by atoms with E-state index in [-0.39, 0.29) is 30.8 Å². The average molecular weight is 369 g/mol. The standard InChI is InChI=1S/C21H27N3O3/c1-15(2)18-8-4-5-9-19(18)24-21(26)11-10-20(25)23-13-16(3)27-17-7-6-12-22-14-17/h4-9,12,14-16H,10-11,13H2,1-3H3,(H,23,25)(H,24,26)/t16-/m0/s1. The lowest BCUT2D eigenvalue weighted by Gasteiger charge is -2.15. The van der Waals surface area contributed by atoms with E-state index in [2.05, 4.69) is 29.5 Å². The zero-order valence-corrected chi connectivity index (χ0v) is 16.1. The molecule has 2 N–H and O–H groups in total. The van der Waals surface area contributed by atoms with E-state index in [0.717, 1.165) is 11.3 Å². The second-order valence-corrected chi connectivity index (χ2v) is 6.71. The Hall–Kier alpha value is -2.89. The lowest BCUT2D eigenvalue weighted by Crippen LogP contribution is -2.34. The highest BCUT2D eigenvalue weighted by Gasteiger charge is 2.12. The Morgan fingerprint density at radius 1 is 1.04 bits per heavy atom. The number of nitrogens with zero attached hydrogens (tertiary/aromatic N) is 1. The fraction of sp³-hybridized carbons (Fsp3) is 0.381. The van der Waals surface area contributed by atoms with Gasteiger partial charge in [-0.25, -0.2) is 0 Å². The summed E-state index contributed by atoms with van der Waals surface area (Å²) in [4.78, 5) is 28.1. The first-order chi connectivity index (χ1) is 13.0. The zero-order chi connectivity index (χ0) is 19.6.